The highest BCUT2D eigenvalue weighted by Gasteiger charge is 2.29. The molecule has 4 rings (SSSR count). The van der Waals surface area contributed by atoms with E-state index in [9.17, 15) is 18.0 Å². The minimum absolute atomic E-state index is 0.00396. The molecule has 0 saturated carbocycles. The summed E-state index contributed by atoms with van der Waals surface area (Å²) in [5, 5.41) is 14.8. The van der Waals surface area contributed by atoms with E-state index in [1.54, 1.807) is 17.0 Å². The first-order valence-corrected chi connectivity index (χ1v) is 14.4. The lowest BCUT2D eigenvalue weighted by Gasteiger charge is -2.33. The number of hydrogen-bond acceptors (Lipinski definition) is 5. The first kappa shape index (κ1) is 28.1. The summed E-state index contributed by atoms with van der Waals surface area (Å²) in [6.07, 6.45) is 1.37. The van der Waals surface area contributed by atoms with Gasteiger partial charge >= 0.3 is 0 Å². The maximum absolute atomic E-state index is 13.3. The van der Waals surface area contributed by atoms with Crippen molar-refractivity contribution in [1.29, 1.82) is 5.41 Å². The van der Waals surface area contributed by atoms with Crippen LogP contribution in [-0.4, -0.2) is 56.8 Å². The third-order valence-corrected chi connectivity index (χ3v) is 8.26. The van der Waals surface area contributed by atoms with Crippen LogP contribution in [0.15, 0.2) is 77.7 Å². The average Bonchev–Trinajstić information content (AvgIpc) is 2.94. The molecule has 1 aliphatic rings. The highest BCUT2D eigenvalue weighted by molar-refractivity contribution is 7.89. The van der Waals surface area contributed by atoms with Gasteiger partial charge in [-0.15, -0.1) is 0 Å². The Morgan fingerprint density at radius 1 is 1.00 bits per heavy atom. The van der Waals surface area contributed by atoms with E-state index in [0.717, 1.165) is 29.2 Å². The lowest BCUT2D eigenvalue weighted by molar-refractivity contribution is -0.128. The van der Waals surface area contributed by atoms with E-state index in [-0.39, 0.29) is 29.7 Å². The molecule has 1 heterocycles. The summed E-state index contributed by atoms with van der Waals surface area (Å²) in [4.78, 5) is 27.8. The van der Waals surface area contributed by atoms with Gasteiger partial charge in [-0.2, -0.15) is 4.72 Å². The summed E-state index contributed by atoms with van der Waals surface area (Å²) >= 11 is 0. The van der Waals surface area contributed by atoms with Gasteiger partial charge in [0.05, 0.1) is 11.3 Å². The Balaban J connectivity index is 1.45. The molecule has 0 bridgehead atoms. The first-order valence-electron chi connectivity index (χ1n) is 12.9. The zero-order valence-electron chi connectivity index (χ0n) is 21.6. The van der Waals surface area contributed by atoms with Crippen LogP contribution in [0.2, 0.25) is 0 Å². The van der Waals surface area contributed by atoms with Crippen LogP contribution in [0.5, 0.6) is 0 Å². The van der Waals surface area contributed by atoms with Gasteiger partial charge < -0.3 is 21.3 Å². The van der Waals surface area contributed by atoms with Crippen molar-refractivity contribution in [2.45, 2.75) is 36.7 Å². The minimum atomic E-state index is -4.11. The zero-order chi connectivity index (χ0) is 27.8. The van der Waals surface area contributed by atoms with Crippen LogP contribution in [0.25, 0.3) is 10.8 Å². The Morgan fingerprint density at radius 3 is 2.46 bits per heavy atom. The quantitative estimate of drug-likeness (QED) is 0.192. The van der Waals surface area contributed by atoms with Gasteiger partial charge in [0, 0.05) is 26.2 Å². The van der Waals surface area contributed by atoms with Gasteiger partial charge in [0.25, 0.3) is 0 Å². The molecule has 1 aliphatic heterocycles. The molecule has 1 fully saturated rings. The van der Waals surface area contributed by atoms with Gasteiger partial charge in [-0.1, -0.05) is 60.7 Å². The number of sulfonamides is 1. The Hall–Kier alpha value is -3.96. The fourth-order valence-corrected chi connectivity index (χ4v) is 5.88. The molecule has 3 aromatic carbocycles. The number of carbonyl (C=O) groups is 2. The van der Waals surface area contributed by atoms with Crippen molar-refractivity contribution >= 4 is 38.6 Å². The van der Waals surface area contributed by atoms with E-state index in [4.69, 9.17) is 11.1 Å². The molecular formula is C28H34N6O4S. The third kappa shape index (κ3) is 7.78. The highest BCUT2D eigenvalue weighted by Crippen LogP contribution is 2.20. The molecule has 3 aromatic rings. The summed E-state index contributed by atoms with van der Waals surface area (Å²) in [7, 11) is -4.11. The smallest absolute Gasteiger partial charge is 0.241 e. The van der Waals surface area contributed by atoms with Gasteiger partial charge in [0.15, 0.2) is 5.96 Å². The largest absolute Gasteiger partial charge is 0.370 e. The van der Waals surface area contributed by atoms with E-state index in [0.29, 0.717) is 19.6 Å². The monoisotopic (exact) mass is 550 g/mol. The molecule has 0 aromatic heterocycles. The lowest BCUT2D eigenvalue weighted by atomic mass is 9.98. The van der Waals surface area contributed by atoms with Gasteiger partial charge in [0.2, 0.25) is 21.8 Å². The summed E-state index contributed by atoms with van der Waals surface area (Å²) in [5.74, 6) is -0.940. The van der Waals surface area contributed by atoms with Crippen molar-refractivity contribution in [2.24, 2.45) is 11.7 Å². The number of piperidine rings is 1. The SMILES string of the molecule is N=C(N)N1CCCC(CNC(=O)C[C@@H](NS(=O)(=O)c2ccc3ccccc3c2)C(=O)NCc2ccccc2)C1. The number of nitrogens with two attached hydrogens (primary N) is 1. The minimum Gasteiger partial charge on any atom is -0.370 e. The van der Waals surface area contributed by atoms with Gasteiger partial charge in [-0.05, 0) is 47.2 Å². The van der Waals surface area contributed by atoms with Gasteiger partial charge in [-0.25, -0.2) is 8.42 Å². The second-order valence-electron chi connectivity index (χ2n) is 9.73. The maximum Gasteiger partial charge on any atom is 0.241 e. The van der Waals surface area contributed by atoms with E-state index in [1.807, 2.05) is 54.6 Å². The summed E-state index contributed by atoms with van der Waals surface area (Å²) in [6.45, 7) is 1.81. The third-order valence-electron chi connectivity index (χ3n) is 6.79. The van der Waals surface area contributed by atoms with Crippen LogP contribution in [0.3, 0.4) is 0 Å². The van der Waals surface area contributed by atoms with Crippen LogP contribution in [0.1, 0.15) is 24.8 Å². The number of rotatable bonds is 10. The molecule has 1 unspecified atom stereocenters. The predicted molar refractivity (Wildman–Crippen MR) is 150 cm³/mol. The molecule has 1 saturated heterocycles. The Bertz CT molecular complexity index is 1430. The normalized spacial score (nSPS) is 16.4. The van der Waals surface area contributed by atoms with Crippen molar-refractivity contribution < 1.29 is 18.0 Å². The summed E-state index contributed by atoms with van der Waals surface area (Å²) < 4.78 is 29.0. The van der Waals surface area contributed by atoms with Gasteiger partial charge in [0.1, 0.15) is 6.04 Å². The summed E-state index contributed by atoms with van der Waals surface area (Å²) in [5.41, 5.74) is 6.45. The van der Waals surface area contributed by atoms with Crippen LogP contribution < -0.4 is 21.1 Å². The fourth-order valence-electron chi connectivity index (χ4n) is 4.65. The molecule has 39 heavy (non-hydrogen) atoms. The number of guanidine groups is 1. The molecule has 0 aliphatic carbocycles. The highest BCUT2D eigenvalue weighted by atomic mass is 32.2. The fraction of sp³-hybridized carbons (Fsp3) is 0.321. The Morgan fingerprint density at radius 2 is 1.72 bits per heavy atom. The van der Waals surface area contributed by atoms with Crippen LogP contribution >= 0.6 is 0 Å². The topological polar surface area (TPSA) is 157 Å². The van der Waals surface area contributed by atoms with Crippen molar-refractivity contribution in [2.75, 3.05) is 19.6 Å². The standard InChI is InChI=1S/C28H34N6O4S/c29-28(30)34-14-6-9-21(19-34)18-31-26(35)16-25(27(36)32-17-20-7-2-1-3-8-20)33-39(37,38)24-13-12-22-10-4-5-11-23(22)15-24/h1-5,7-8,10-13,15,21,25,33H,6,9,14,16-19H2,(H3,29,30)(H,31,35)(H,32,36)/t21?,25-/m1/s1. The Kier molecular flexibility index (Phi) is 9.15. The van der Waals surface area contributed by atoms with Crippen molar-refractivity contribution in [3.63, 3.8) is 0 Å². The van der Waals surface area contributed by atoms with Crippen LogP contribution in [-0.2, 0) is 26.2 Å². The van der Waals surface area contributed by atoms with E-state index in [1.165, 1.54) is 6.07 Å². The van der Waals surface area contributed by atoms with Crippen molar-refractivity contribution in [1.82, 2.24) is 20.3 Å². The second-order valence-corrected chi connectivity index (χ2v) is 11.4. The number of hydrogen-bond donors (Lipinski definition) is 5. The molecule has 6 N–H and O–H groups in total. The second kappa shape index (κ2) is 12.7. The summed E-state index contributed by atoms with van der Waals surface area (Å²) in [6, 6.07) is 20.0. The van der Waals surface area contributed by atoms with Crippen LogP contribution in [0, 0.1) is 11.3 Å². The number of amides is 2. The molecule has 206 valence electrons. The number of likely N-dealkylation sites (tertiary alicyclic amines) is 1. The van der Waals surface area contributed by atoms with E-state index in [2.05, 4.69) is 15.4 Å². The van der Waals surface area contributed by atoms with Crippen LogP contribution in [0.4, 0.5) is 0 Å². The predicted octanol–water partition coefficient (Wildman–Crippen LogP) is 1.91. The average molecular weight is 551 g/mol. The van der Waals surface area contributed by atoms with Gasteiger partial charge in [-0.3, -0.25) is 15.0 Å². The molecule has 10 nitrogen and oxygen atoms in total. The van der Waals surface area contributed by atoms with E-state index >= 15 is 0 Å². The molecular weight excluding hydrogens is 516 g/mol. The molecule has 0 radical (unpaired) electrons. The zero-order valence-corrected chi connectivity index (χ0v) is 22.4. The lowest BCUT2D eigenvalue weighted by Crippen LogP contribution is -2.50. The van der Waals surface area contributed by atoms with Crippen molar-refractivity contribution in [3.05, 3.63) is 78.4 Å². The van der Waals surface area contributed by atoms with E-state index < -0.39 is 27.9 Å². The number of nitrogens with zero attached hydrogens (tertiary/aromatic N) is 1. The number of benzene rings is 3. The Labute approximate surface area is 228 Å². The maximum atomic E-state index is 13.3. The number of nitrogens with one attached hydrogen (secondary N) is 4. The number of fused-ring (bicyclic) bond motifs is 1. The molecule has 0 spiro atoms. The molecule has 2 amide bonds. The number of carbonyl (C=O) groups excluding carboxylic acids is 2. The van der Waals surface area contributed by atoms with Crippen molar-refractivity contribution in [3.8, 4) is 0 Å². The molecule has 11 heteroatoms. The first-order chi connectivity index (χ1) is 18.7. The molecule has 2 atom stereocenters.